The average Bonchev–Trinajstić information content (AvgIpc) is 2.97. The second kappa shape index (κ2) is 5.36. The fourth-order valence-corrected chi connectivity index (χ4v) is 2.01. The van der Waals surface area contributed by atoms with Crippen LogP contribution in [-0.2, 0) is 0 Å². The van der Waals surface area contributed by atoms with E-state index in [4.69, 9.17) is 5.11 Å². The second-order valence-corrected chi connectivity index (χ2v) is 4.64. The van der Waals surface area contributed by atoms with Crippen LogP contribution in [-0.4, -0.2) is 30.6 Å². The van der Waals surface area contributed by atoms with Gasteiger partial charge in [0, 0.05) is 17.8 Å². The van der Waals surface area contributed by atoms with E-state index in [1.165, 1.54) is 29.2 Å². The Kier molecular flexibility index (Phi) is 3.38. The lowest BCUT2D eigenvalue weighted by atomic mass is 10.1. The minimum absolute atomic E-state index is 0.0698. The van der Waals surface area contributed by atoms with E-state index in [1.807, 2.05) is 0 Å². The highest BCUT2D eigenvalue weighted by atomic mass is 19.1. The third-order valence-electron chi connectivity index (χ3n) is 3.03. The van der Waals surface area contributed by atoms with Gasteiger partial charge < -0.3 is 5.11 Å². The van der Waals surface area contributed by atoms with Crippen LogP contribution in [0.1, 0.15) is 16.3 Å². The predicted molar refractivity (Wildman–Crippen MR) is 76.2 cm³/mol. The molecule has 2 heterocycles. The molecule has 0 saturated carbocycles. The first-order valence-corrected chi connectivity index (χ1v) is 6.42. The average molecular weight is 298 g/mol. The largest absolute Gasteiger partial charge is 0.476 e. The molecule has 22 heavy (non-hydrogen) atoms. The van der Waals surface area contributed by atoms with Crippen molar-refractivity contribution in [1.82, 2.24) is 19.5 Å². The molecule has 3 aromatic rings. The van der Waals surface area contributed by atoms with Gasteiger partial charge in [-0.05, 0) is 31.2 Å². The lowest BCUT2D eigenvalue weighted by Gasteiger charge is -2.06. The Balaban J connectivity index is 2.05. The van der Waals surface area contributed by atoms with Crippen molar-refractivity contribution in [2.45, 2.75) is 6.92 Å². The van der Waals surface area contributed by atoms with Crippen LogP contribution >= 0.6 is 0 Å². The molecule has 0 atom stereocenters. The van der Waals surface area contributed by atoms with Crippen molar-refractivity contribution >= 4 is 5.97 Å². The number of aromatic nitrogens is 4. The first-order valence-electron chi connectivity index (χ1n) is 6.42. The van der Waals surface area contributed by atoms with Gasteiger partial charge in [-0.3, -0.25) is 4.57 Å². The Labute approximate surface area is 124 Å². The first-order chi connectivity index (χ1) is 10.5. The van der Waals surface area contributed by atoms with Crippen molar-refractivity contribution in [1.29, 1.82) is 0 Å². The van der Waals surface area contributed by atoms with E-state index in [0.29, 0.717) is 17.3 Å². The number of rotatable bonds is 3. The summed E-state index contributed by atoms with van der Waals surface area (Å²) < 4.78 is 14.5. The number of nitrogens with zero attached hydrogens (tertiary/aromatic N) is 4. The first kappa shape index (κ1) is 13.9. The summed E-state index contributed by atoms with van der Waals surface area (Å²) in [5.74, 6) is -0.423. The van der Waals surface area contributed by atoms with Crippen LogP contribution in [0.4, 0.5) is 4.39 Å². The van der Waals surface area contributed by atoms with Crippen molar-refractivity contribution in [3.8, 4) is 17.1 Å². The summed E-state index contributed by atoms with van der Waals surface area (Å²) in [5, 5.41) is 8.91. The fraction of sp³-hybridized carbons (Fsp3) is 0.0667. The Hall–Kier alpha value is -3.09. The molecular weight excluding hydrogens is 287 g/mol. The van der Waals surface area contributed by atoms with Gasteiger partial charge in [0.05, 0.1) is 5.69 Å². The molecule has 0 unspecified atom stereocenters. The Morgan fingerprint density at radius 3 is 2.59 bits per heavy atom. The Morgan fingerprint density at radius 2 is 1.95 bits per heavy atom. The molecule has 1 aromatic carbocycles. The number of hydrogen-bond acceptors (Lipinski definition) is 4. The van der Waals surface area contributed by atoms with Crippen molar-refractivity contribution < 1.29 is 14.3 Å². The molecule has 0 aliphatic rings. The van der Waals surface area contributed by atoms with Gasteiger partial charge >= 0.3 is 5.97 Å². The second-order valence-electron chi connectivity index (χ2n) is 4.64. The van der Waals surface area contributed by atoms with Gasteiger partial charge in [-0.15, -0.1) is 0 Å². The summed E-state index contributed by atoms with van der Waals surface area (Å²) >= 11 is 0. The number of imidazole rings is 1. The summed E-state index contributed by atoms with van der Waals surface area (Å²) in [6, 6.07) is 7.64. The number of aromatic carboxylic acids is 1. The quantitative estimate of drug-likeness (QED) is 0.803. The third-order valence-corrected chi connectivity index (χ3v) is 3.03. The summed E-state index contributed by atoms with van der Waals surface area (Å²) in [5.41, 5.74) is 1.29. The summed E-state index contributed by atoms with van der Waals surface area (Å²) in [4.78, 5) is 23.3. The van der Waals surface area contributed by atoms with Crippen LogP contribution in [0.3, 0.4) is 0 Å². The summed E-state index contributed by atoms with van der Waals surface area (Å²) in [6.07, 6.45) is 2.75. The maximum atomic E-state index is 13.0. The van der Waals surface area contributed by atoms with Gasteiger partial charge in [0.2, 0.25) is 0 Å². The lowest BCUT2D eigenvalue weighted by molar-refractivity contribution is 0.0691. The zero-order chi connectivity index (χ0) is 15.7. The SMILES string of the molecule is Cc1nc(-c2ccc(F)cc2)cc(-n2cnc(C(=O)O)c2)n1. The topological polar surface area (TPSA) is 80.9 Å². The molecule has 0 fully saturated rings. The maximum Gasteiger partial charge on any atom is 0.356 e. The zero-order valence-electron chi connectivity index (χ0n) is 11.6. The van der Waals surface area contributed by atoms with Gasteiger partial charge in [0.15, 0.2) is 5.69 Å². The van der Waals surface area contributed by atoms with Crippen LogP contribution in [0.5, 0.6) is 0 Å². The molecule has 1 N–H and O–H groups in total. The van der Waals surface area contributed by atoms with Crippen LogP contribution in [0.25, 0.3) is 17.1 Å². The zero-order valence-corrected chi connectivity index (χ0v) is 11.6. The highest BCUT2D eigenvalue weighted by Crippen LogP contribution is 2.20. The number of carboxylic acid groups (broad SMARTS) is 1. The van der Waals surface area contributed by atoms with Crippen molar-refractivity contribution in [2.24, 2.45) is 0 Å². The Morgan fingerprint density at radius 1 is 1.23 bits per heavy atom. The molecule has 110 valence electrons. The number of benzene rings is 1. The normalized spacial score (nSPS) is 10.6. The number of carboxylic acids is 1. The van der Waals surface area contributed by atoms with Crippen molar-refractivity contribution in [2.75, 3.05) is 0 Å². The van der Waals surface area contributed by atoms with Crippen molar-refractivity contribution in [3.05, 3.63) is 60.2 Å². The minimum Gasteiger partial charge on any atom is -0.476 e. The van der Waals surface area contributed by atoms with E-state index < -0.39 is 5.97 Å². The van der Waals surface area contributed by atoms with Gasteiger partial charge in [-0.2, -0.15) is 0 Å². The summed E-state index contributed by atoms with van der Waals surface area (Å²) in [7, 11) is 0. The molecule has 3 rings (SSSR count). The minimum atomic E-state index is -1.11. The monoisotopic (exact) mass is 298 g/mol. The Bertz CT molecular complexity index is 843. The highest BCUT2D eigenvalue weighted by Gasteiger charge is 2.10. The van der Waals surface area contributed by atoms with E-state index in [-0.39, 0.29) is 11.5 Å². The smallest absolute Gasteiger partial charge is 0.356 e. The molecule has 0 saturated heterocycles. The van der Waals surface area contributed by atoms with Crippen LogP contribution in [0, 0.1) is 12.7 Å². The van der Waals surface area contributed by atoms with E-state index in [2.05, 4.69) is 15.0 Å². The third kappa shape index (κ3) is 2.69. The molecule has 0 bridgehead atoms. The fourth-order valence-electron chi connectivity index (χ4n) is 2.01. The standard InChI is InChI=1S/C15H11FN4O2/c1-9-18-12(10-2-4-11(16)5-3-10)6-14(19-9)20-7-13(15(21)22)17-8-20/h2-8H,1H3,(H,21,22). The molecule has 7 heteroatoms. The van der Waals surface area contributed by atoms with Gasteiger partial charge in [0.25, 0.3) is 0 Å². The number of aryl methyl sites for hydroxylation is 1. The van der Waals surface area contributed by atoms with Crippen LogP contribution in [0.2, 0.25) is 0 Å². The number of hydrogen-bond donors (Lipinski definition) is 1. The van der Waals surface area contributed by atoms with Gasteiger partial charge in [0.1, 0.15) is 23.8 Å². The molecule has 0 amide bonds. The molecule has 6 nitrogen and oxygen atoms in total. The van der Waals surface area contributed by atoms with E-state index in [1.54, 1.807) is 25.1 Å². The van der Waals surface area contributed by atoms with Crippen molar-refractivity contribution in [3.63, 3.8) is 0 Å². The molecule has 2 aromatic heterocycles. The highest BCUT2D eigenvalue weighted by molar-refractivity contribution is 5.85. The van der Waals surface area contributed by atoms with E-state index >= 15 is 0 Å². The van der Waals surface area contributed by atoms with Gasteiger partial charge in [-0.1, -0.05) is 0 Å². The van der Waals surface area contributed by atoms with Crippen LogP contribution in [0.15, 0.2) is 42.9 Å². The molecule has 0 radical (unpaired) electrons. The number of carbonyl (C=O) groups is 1. The van der Waals surface area contributed by atoms with E-state index in [9.17, 15) is 9.18 Å². The van der Waals surface area contributed by atoms with Crippen LogP contribution < -0.4 is 0 Å². The number of halogens is 1. The molecular formula is C15H11FN4O2. The molecule has 0 aliphatic heterocycles. The predicted octanol–water partition coefficient (Wildman–Crippen LogP) is 2.48. The van der Waals surface area contributed by atoms with E-state index in [0.717, 1.165) is 5.56 Å². The molecule has 0 aliphatic carbocycles. The summed E-state index contributed by atoms with van der Waals surface area (Å²) in [6.45, 7) is 1.73. The van der Waals surface area contributed by atoms with Gasteiger partial charge in [-0.25, -0.2) is 24.1 Å². The molecule has 0 spiro atoms. The lowest BCUT2D eigenvalue weighted by Crippen LogP contribution is -2.01. The maximum absolute atomic E-state index is 13.0.